The van der Waals surface area contributed by atoms with Crippen molar-refractivity contribution in [1.29, 1.82) is 0 Å². The molecule has 0 amide bonds. The maximum Gasteiger partial charge on any atom is 0.419 e. The van der Waals surface area contributed by atoms with Crippen LogP contribution in [0.15, 0.2) is 6.20 Å². The van der Waals surface area contributed by atoms with Gasteiger partial charge in [0, 0.05) is 0 Å². The molecule has 1 rings (SSSR count). The molecule has 0 spiro atoms. The van der Waals surface area contributed by atoms with Crippen LogP contribution in [0.3, 0.4) is 0 Å². The Morgan fingerprint density at radius 3 is 2.26 bits per heavy atom. The van der Waals surface area contributed by atoms with E-state index in [0.717, 1.165) is 14.2 Å². The molecular formula is C10H8F5NO3. The third kappa shape index (κ3) is 2.91. The van der Waals surface area contributed by atoms with Gasteiger partial charge in [0.2, 0.25) is 0 Å². The van der Waals surface area contributed by atoms with Crippen molar-refractivity contribution in [1.82, 2.24) is 4.98 Å². The van der Waals surface area contributed by atoms with Crippen molar-refractivity contribution in [3.05, 3.63) is 23.0 Å². The molecule has 0 unspecified atom stereocenters. The number of esters is 1. The van der Waals surface area contributed by atoms with Crippen molar-refractivity contribution in [2.45, 2.75) is 12.6 Å². The molecule has 1 aromatic rings. The lowest BCUT2D eigenvalue weighted by molar-refractivity contribution is -0.140. The Kier molecular flexibility index (Phi) is 4.28. The van der Waals surface area contributed by atoms with Gasteiger partial charge in [0.1, 0.15) is 11.3 Å². The summed E-state index contributed by atoms with van der Waals surface area (Å²) in [4.78, 5) is 14.4. The van der Waals surface area contributed by atoms with Crippen molar-refractivity contribution in [2.24, 2.45) is 0 Å². The Labute approximate surface area is 104 Å². The van der Waals surface area contributed by atoms with E-state index in [1.54, 1.807) is 0 Å². The minimum Gasteiger partial charge on any atom is -0.495 e. The zero-order valence-corrected chi connectivity index (χ0v) is 9.72. The van der Waals surface area contributed by atoms with Crippen LogP contribution in [0.4, 0.5) is 22.0 Å². The van der Waals surface area contributed by atoms with E-state index in [2.05, 4.69) is 14.5 Å². The maximum absolute atomic E-state index is 12.8. The fraction of sp³-hybridized carbons (Fsp3) is 0.400. The second-order valence-corrected chi connectivity index (χ2v) is 3.25. The first-order chi connectivity index (χ1) is 8.73. The van der Waals surface area contributed by atoms with E-state index in [9.17, 15) is 26.7 Å². The highest BCUT2D eigenvalue weighted by atomic mass is 19.4. The van der Waals surface area contributed by atoms with Crippen molar-refractivity contribution in [2.75, 3.05) is 14.2 Å². The number of pyridine rings is 1. The van der Waals surface area contributed by atoms with Gasteiger partial charge in [0.05, 0.1) is 26.0 Å². The molecule has 0 aliphatic heterocycles. The summed E-state index contributed by atoms with van der Waals surface area (Å²) in [5.74, 6) is -2.22. The maximum atomic E-state index is 12.8. The van der Waals surface area contributed by atoms with Gasteiger partial charge in [-0.3, -0.25) is 0 Å². The molecule has 0 saturated carbocycles. The van der Waals surface area contributed by atoms with Gasteiger partial charge in [-0.25, -0.2) is 18.6 Å². The number of ether oxygens (including phenoxy) is 2. The average Bonchev–Trinajstić information content (AvgIpc) is 2.34. The van der Waals surface area contributed by atoms with Crippen molar-refractivity contribution in [3.63, 3.8) is 0 Å². The molecule has 1 heterocycles. The summed E-state index contributed by atoms with van der Waals surface area (Å²) in [7, 11) is 1.73. The summed E-state index contributed by atoms with van der Waals surface area (Å²) >= 11 is 0. The summed E-state index contributed by atoms with van der Waals surface area (Å²) in [6.45, 7) is 0. The Bertz CT molecular complexity index is 487. The minimum atomic E-state index is -5.20. The molecule has 0 aliphatic carbocycles. The van der Waals surface area contributed by atoms with Crippen LogP contribution in [0, 0.1) is 0 Å². The van der Waals surface area contributed by atoms with Gasteiger partial charge >= 0.3 is 12.1 Å². The van der Waals surface area contributed by atoms with Crippen LogP contribution in [0.2, 0.25) is 0 Å². The largest absolute Gasteiger partial charge is 0.495 e. The molecular weight excluding hydrogens is 277 g/mol. The Hall–Kier alpha value is -1.93. The predicted molar refractivity (Wildman–Crippen MR) is 52.1 cm³/mol. The van der Waals surface area contributed by atoms with Crippen molar-refractivity contribution < 1.29 is 36.2 Å². The number of nitrogens with zero attached hydrogens (tertiary/aromatic N) is 1. The molecule has 106 valence electrons. The highest BCUT2D eigenvalue weighted by Crippen LogP contribution is 2.42. The molecule has 19 heavy (non-hydrogen) atoms. The van der Waals surface area contributed by atoms with Gasteiger partial charge in [-0.2, -0.15) is 13.2 Å². The van der Waals surface area contributed by atoms with Gasteiger partial charge in [-0.1, -0.05) is 0 Å². The van der Waals surface area contributed by atoms with Crippen LogP contribution < -0.4 is 4.74 Å². The number of aromatic nitrogens is 1. The molecule has 0 aromatic carbocycles. The van der Waals surface area contributed by atoms with Gasteiger partial charge < -0.3 is 9.47 Å². The molecule has 9 heteroatoms. The summed E-state index contributed by atoms with van der Waals surface area (Å²) < 4.78 is 72.6. The van der Waals surface area contributed by atoms with Crippen LogP contribution in [0.25, 0.3) is 0 Å². The zero-order chi connectivity index (χ0) is 14.8. The number of hydrogen-bond acceptors (Lipinski definition) is 4. The van der Waals surface area contributed by atoms with Gasteiger partial charge in [0.25, 0.3) is 6.43 Å². The highest BCUT2D eigenvalue weighted by Gasteiger charge is 2.43. The second-order valence-electron chi connectivity index (χ2n) is 3.25. The third-order valence-electron chi connectivity index (χ3n) is 2.18. The number of carbonyl (C=O) groups is 1. The Balaban J connectivity index is 3.69. The number of halogens is 5. The molecule has 4 nitrogen and oxygen atoms in total. The quantitative estimate of drug-likeness (QED) is 0.633. The van der Waals surface area contributed by atoms with E-state index in [1.807, 2.05) is 0 Å². The van der Waals surface area contributed by atoms with Gasteiger partial charge in [0.15, 0.2) is 5.69 Å². The lowest BCUT2D eigenvalue weighted by Gasteiger charge is -2.17. The van der Waals surface area contributed by atoms with E-state index in [4.69, 9.17) is 0 Å². The van der Waals surface area contributed by atoms with Crippen LogP contribution >= 0.6 is 0 Å². The zero-order valence-electron chi connectivity index (χ0n) is 9.72. The summed E-state index contributed by atoms with van der Waals surface area (Å²) in [5.41, 5.74) is -4.52. The number of rotatable bonds is 3. The fourth-order valence-corrected chi connectivity index (χ4v) is 1.43. The normalized spacial score (nSPS) is 11.6. The van der Waals surface area contributed by atoms with Gasteiger partial charge in [-0.15, -0.1) is 0 Å². The smallest absolute Gasteiger partial charge is 0.419 e. The van der Waals surface area contributed by atoms with E-state index in [-0.39, 0.29) is 0 Å². The lowest BCUT2D eigenvalue weighted by atomic mass is 10.0. The second kappa shape index (κ2) is 5.37. The predicted octanol–water partition coefficient (Wildman–Crippen LogP) is 2.83. The standard InChI is InChI=1S/C10H8F5NO3/c1-18-4-3-16-7(9(17)19-2)6(10(13,14)15)5(4)8(11)12/h3,8H,1-2H3. The van der Waals surface area contributed by atoms with E-state index in [1.165, 1.54) is 0 Å². The number of alkyl halides is 5. The average molecular weight is 285 g/mol. The van der Waals surface area contributed by atoms with Crippen LogP contribution in [0.5, 0.6) is 5.75 Å². The van der Waals surface area contributed by atoms with Crippen LogP contribution in [-0.4, -0.2) is 25.2 Å². The molecule has 0 N–H and O–H groups in total. The number of hydrogen-bond donors (Lipinski definition) is 0. The molecule has 1 aromatic heterocycles. The molecule has 0 fully saturated rings. The molecule has 0 saturated heterocycles. The SMILES string of the molecule is COC(=O)c1ncc(OC)c(C(F)F)c1C(F)(F)F. The molecule has 0 bridgehead atoms. The highest BCUT2D eigenvalue weighted by molar-refractivity contribution is 5.89. The van der Waals surface area contributed by atoms with Crippen molar-refractivity contribution in [3.8, 4) is 5.75 Å². The lowest BCUT2D eigenvalue weighted by Crippen LogP contribution is -2.20. The van der Waals surface area contributed by atoms with E-state index >= 15 is 0 Å². The monoisotopic (exact) mass is 285 g/mol. The first-order valence-corrected chi connectivity index (χ1v) is 4.74. The first kappa shape index (κ1) is 15.1. The molecule has 0 aliphatic rings. The minimum absolute atomic E-state index is 0.614. The van der Waals surface area contributed by atoms with Gasteiger partial charge in [-0.05, 0) is 0 Å². The Morgan fingerprint density at radius 2 is 1.89 bits per heavy atom. The fourth-order valence-electron chi connectivity index (χ4n) is 1.43. The number of carbonyl (C=O) groups excluding carboxylic acids is 1. The van der Waals surface area contributed by atoms with E-state index in [0.29, 0.717) is 6.20 Å². The van der Waals surface area contributed by atoms with Crippen molar-refractivity contribution >= 4 is 5.97 Å². The summed E-state index contributed by atoms with van der Waals surface area (Å²) in [5, 5.41) is 0. The number of methoxy groups -OCH3 is 2. The topological polar surface area (TPSA) is 48.4 Å². The summed E-state index contributed by atoms with van der Waals surface area (Å²) in [6, 6.07) is 0. The van der Waals surface area contributed by atoms with Crippen LogP contribution in [-0.2, 0) is 10.9 Å². The Morgan fingerprint density at radius 1 is 1.32 bits per heavy atom. The molecule has 0 radical (unpaired) electrons. The van der Waals surface area contributed by atoms with Crippen LogP contribution in [0.1, 0.15) is 28.0 Å². The van der Waals surface area contributed by atoms with E-state index < -0.39 is 41.1 Å². The third-order valence-corrected chi connectivity index (χ3v) is 2.18. The molecule has 0 atom stereocenters. The summed E-state index contributed by atoms with van der Waals surface area (Å²) in [6.07, 6.45) is -8.07. The first-order valence-electron chi connectivity index (χ1n) is 4.74.